The molecule has 0 aromatic carbocycles. The summed E-state index contributed by atoms with van der Waals surface area (Å²) in [6, 6.07) is -0.740. The smallest absolute Gasteiger partial charge is 0.306 e. The van der Waals surface area contributed by atoms with Gasteiger partial charge in [-0.2, -0.15) is 0 Å². The third-order valence-electron chi connectivity index (χ3n) is 11.5. The minimum atomic E-state index is -0.821. The largest absolute Gasteiger partial charge is 0.462 e. The lowest BCUT2D eigenvalue weighted by Gasteiger charge is -2.24. The molecule has 0 heterocycles. The second kappa shape index (κ2) is 53.2. The Morgan fingerprint density at radius 2 is 0.806 bits per heavy atom. The van der Waals surface area contributed by atoms with E-state index in [4.69, 9.17) is 4.74 Å². The van der Waals surface area contributed by atoms with Gasteiger partial charge in [0.1, 0.15) is 6.10 Å². The lowest BCUT2D eigenvalue weighted by molar-refractivity contribution is -0.151. The number of hydrogen-bond acceptors (Lipinski definition) is 5. The highest BCUT2D eigenvalue weighted by Gasteiger charge is 2.24. The van der Waals surface area contributed by atoms with Crippen molar-refractivity contribution < 1.29 is 24.5 Å². The summed E-state index contributed by atoms with van der Waals surface area (Å²) in [5.41, 5.74) is 0. The standard InChI is InChI=1S/C61H101NO5/c1-4-7-10-13-16-19-22-25-28-30-32-34-37-40-43-46-49-52-57(67-61(66)54-51-48-45-42-39-36-33-31-29-26-23-20-17-14-11-8-5-2)55-60(65)62-58(56-63)59(64)53-50-47-44-41-38-35-27-24-21-18-15-12-9-6-3/h7-8,10-11,16-17,19-20,25-26,28-29,32-34,36,40,42-43,45,57-59,63-64H,4-6,9,12-15,18,21-24,27,30-31,35,37-39,41,44,46-56H2,1-3H3,(H,62,65)/b10-7-,11-8-,19-16-,20-17-,28-25-,29-26-,34-32-,36-33-,43-40-,45-42-. The zero-order valence-electron chi connectivity index (χ0n) is 43.2. The number of aliphatic hydroxyl groups excluding tert-OH is 2. The molecule has 0 fully saturated rings. The number of hydrogen-bond donors (Lipinski definition) is 3. The number of carbonyl (C=O) groups is 2. The maximum absolute atomic E-state index is 13.2. The fraction of sp³-hybridized carbons (Fsp3) is 0.639. The topological polar surface area (TPSA) is 95.9 Å². The maximum Gasteiger partial charge on any atom is 0.306 e. The van der Waals surface area contributed by atoms with E-state index in [0.29, 0.717) is 25.7 Å². The summed E-state index contributed by atoms with van der Waals surface area (Å²) in [5, 5.41) is 23.8. The molecule has 3 atom stereocenters. The molecule has 0 aliphatic heterocycles. The fourth-order valence-corrected chi connectivity index (χ4v) is 7.50. The molecule has 0 aliphatic rings. The van der Waals surface area contributed by atoms with Crippen LogP contribution in [0.25, 0.3) is 0 Å². The molecule has 6 nitrogen and oxygen atoms in total. The summed E-state index contributed by atoms with van der Waals surface area (Å²) < 4.78 is 5.89. The number of nitrogens with one attached hydrogen (secondary N) is 1. The lowest BCUT2D eigenvalue weighted by Crippen LogP contribution is -2.46. The number of amides is 1. The van der Waals surface area contributed by atoms with Crippen LogP contribution in [-0.2, 0) is 14.3 Å². The van der Waals surface area contributed by atoms with Crippen molar-refractivity contribution >= 4 is 11.9 Å². The van der Waals surface area contributed by atoms with Crippen molar-refractivity contribution in [2.45, 2.75) is 244 Å². The molecule has 0 aromatic heterocycles. The minimum absolute atomic E-state index is 0.00819. The molecule has 380 valence electrons. The Morgan fingerprint density at radius 1 is 0.448 bits per heavy atom. The van der Waals surface area contributed by atoms with Gasteiger partial charge in [0.05, 0.1) is 25.2 Å². The van der Waals surface area contributed by atoms with E-state index in [2.05, 4.69) is 148 Å². The summed E-state index contributed by atoms with van der Waals surface area (Å²) in [5.74, 6) is -0.609. The highest BCUT2D eigenvalue weighted by atomic mass is 16.5. The van der Waals surface area contributed by atoms with Crippen molar-refractivity contribution in [2.24, 2.45) is 0 Å². The van der Waals surface area contributed by atoms with Crippen LogP contribution >= 0.6 is 0 Å². The van der Waals surface area contributed by atoms with Crippen molar-refractivity contribution in [2.75, 3.05) is 6.61 Å². The first-order valence-electron chi connectivity index (χ1n) is 27.3. The maximum atomic E-state index is 13.2. The quantitative estimate of drug-likeness (QED) is 0.0321. The molecule has 3 N–H and O–H groups in total. The highest BCUT2D eigenvalue weighted by molar-refractivity contribution is 5.77. The van der Waals surface area contributed by atoms with Crippen molar-refractivity contribution in [1.29, 1.82) is 0 Å². The molecule has 0 aliphatic carbocycles. The molecule has 0 rings (SSSR count). The predicted octanol–water partition coefficient (Wildman–Crippen LogP) is 16.8. The summed E-state index contributed by atoms with van der Waals surface area (Å²) in [6.45, 7) is 6.22. The van der Waals surface area contributed by atoms with E-state index < -0.39 is 18.2 Å². The Labute approximate surface area is 412 Å². The van der Waals surface area contributed by atoms with Crippen LogP contribution in [-0.4, -0.2) is 46.9 Å². The third-order valence-corrected chi connectivity index (χ3v) is 11.5. The molecule has 0 spiro atoms. The summed E-state index contributed by atoms with van der Waals surface area (Å²) in [6.07, 6.45) is 74.1. The Hall–Kier alpha value is -3.74. The van der Waals surface area contributed by atoms with Gasteiger partial charge >= 0.3 is 5.97 Å². The SMILES string of the molecule is CC/C=C\C/C=C\C/C=C\C/C=C\C/C=C\CCCC(=O)OC(CCC/C=C\C/C=C\C/C=C\C/C=C\C/C=C\CC)CC(=O)NC(CO)C(O)CCCCCCCCCCCCCCCC. The van der Waals surface area contributed by atoms with E-state index in [9.17, 15) is 19.8 Å². The molecule has 67 heavy (non-hydrogen) atoms. The molecule has 6 heteroatoms. The van der Waals surface area contributed by atoms with Gasteiger partial charge in [-0.3, -0.25) is 9.59 Å². The summed E-state index contributed by atoms with van der Waals surface area (Å²) >= 11 is 0. The van der Waals surface area contributed by atoms with Gasteiger partial charge in [-0.05, 0) is 103 Å². The van der Waals surface area contributed by atoms with Crippen molar-refractivity contribution in [3.63, 3.8) is 0 Å². The number of esters is 1. The number of allylic oxidation sites excluding steroid dienone is 20. The van der Waals surface area contributed by atoms with E-state index in [-0.39, 0.29) is 24.9 Å². The average Bonchev–Trinajstić information content (AvgIpc) is 3.32. The number of carbonyl (C=O) groups excluding carboxylic acids is 2. The van der Waals surface area contributed by atoms with E-state index in [1.54, 1.807) is 0 Å². The zero-order chi connectivity index (χ0) is 48.8. The molecule has 0 radical (unpaired) electrons. The first kappa shape index (κ1) is 63.3. The van der Waals surface area contributed by atoms with E-state index in [1.807, 2.05) is 0 Å². The van der Waals surface area contributed by atoms with Crippen LogP contribution in [0.1, 0.15) is 226 Å². The molecule has 0 aromatic rings. The van der Waals surface area contributed by atoms with Gasteiger partial charge in [0.25, 0.3) is 0 Å². The van der Waals surface area contributed by atoms with Crippen LogP contribution in [0.15, 0.2) is 122 Å². The number of aliphatic hydroxyl groups is 2. The van der Waals surface area contributed by atoms with Crippen LogP contribution in [0.5, 0.6) is 0 Å². The Balaban J connectivity index is 4.80. The van der Waals surface area contributed by atoms with E-state index in [1.165, 1.54) is 70.6 Å². The Morgan fingerprint density at radius 3 is 1.19 bits per heavy atom. The Bertz CT molecular complexity index is 1410. The van der Waals surface area contributed by atoms with Crippen LogP contribution in [0, 0.1) is 0 Å². The fourth-order valence-electron chi connectivity index (χ4n) is 7.50. The summed E-state index contributed by atoms with van der Waals surface area (Å²) in [7, 11) is 0. The second-order valence-electron chi connectivity index (χ2n) is 17.9. The van der Waals surface area contributed by atoms with Crippen molar-refractivity contribution in [3.05, 3.63) is 122 Å². The third kappa shape index (κ3) is 48.5. The van der Waals surface area contributed by atoms with Crippen LogP contribution in [0.3, 0.4) is 0 Å². The van der Waals surface area contributed by atoms with Gasteiger partial charge in [-0.15, -0.1) is 0 Å². The zero-order valence-corrected chi connectivity index (χ0v) is 43.2. The monoisotopic (exact) mass is 928 g/mol. The van der Waals surface area contributed by atoms with Gasteiger partial charge < -0.3 is 20.3 Å². The summed E-state index contributed by atoms with van der Waals surface area (Å²) in [4.78, 5) is 26.2. The Kier molecular flexibility index (Phi) is 50.2. The van der Waals surface area contributed by atoms with Crippen LogP contribution in [0.4, 0.5) is 0 Å². The first-order chi connectivity index (χ1) is 33.0. The number of ether oxygens (including phenoxy) is 1. The lowest BCUT2D eigenvalue weighted by atomic mass is 10.0. The molecular formula is C61H101NO5. The average molecular weight is 928 g/mol. The van der Waals surface area contributed by atoms with E-state index >= 15 is 0 Å². The molecular weight excluding hydrogens is 827 g/mol. The van der Waals surface area contributed by atoms with Gasteiger partial charge in [-0.1, -0.05) is 232 Å². The van der Waals surface area contributed by atoms with Gasteiger partial charge in [0, 0.05) is 6.42 Å². The van der Waals surface area contributed by atoms with Gasteiger partial charge in [-0.25, -0.2) is 0 Å². The normalized spacial score (nSPS) is 14.2. The second-order valence-corrected chi connectivity index (χ2v) is 17.9. The van der Waals surface area contributed by atoms with Crippen LogP contribution < -0.4 is 5.32 Å². The van der Waals surface area contributed by atoms with Crippen molar-refractivity contribution in [1.82, 2.24) is 5.32 Å². The number of unbranched alkanes of at least 4 members (excludes halogenated alkanes) is 15. The highest BCUT2D eigenvalue weighted by Crippen LogP contribution is 2.16. The van der Waals surface area contributed by atoms with E-state index in [0.717, 1.165) is 103 Å². The molecule has 3 unspecified atom stereocenters. The molecule has 0 bridgehead atoms. The minimum Gasteiger partial charge on any atom is -0.462 e. The molecule has 0 saturated carbocycles. The van der Waals surface area contributed by atoms with Gasteiger partial charge in [0.15, 0.2) is 0 Å². The van der Waals surface area contributed by atoms with Crippen molar-refractivity contribution in [3.8, 4) is 0 Å². The first-order valence-corrected chi connectivity index (χ1v) is 27.3. The molecule has 0 saturated heterocycles. The number of rotatable bonds is 47. The van der Waals surface area contributed by atoms with Gasteiger partial charge in [0.2, 0.25) is 5.91 Å². The predicted molar refractivity (Wildman–Crippen MR) is 291 cm³/mol. The molecule has 1 amide bonds. The van der Waals surface area contributed by atoms with Crippen LogP contribution in [0.2, 0.25) is 0 Å².